The minimum Gasteiger partial charge on any atom is -0.378 e. The van der Waals surface area contributed by atoms with Crippen molar-refractivity contribution in [3.63, 3.8) is 0 Å². The average molecular weight is 358 g/mol. The van der Waals surface area contributed by atoms with Crippen molar-refractivity contribution in [2.24, 2.45) is 0 Å². The van der Waals surface area contributed by atoms with E-state index in [2.05, 4.69) is 24.7 Å². The summed E-state index contributed by atoms with van der Waals surface area (Å²) in [5, 5.41) is 0. The molecule has 2 aromatic heterocycles. The third kappa shape index (κ3) is 4.08. The summed E-state index contributed by atoms with van der Waals surface area (Å²) in [6.07, 6.45) is 4.79. The Balaban J connectivity index is 1.35. The molecule has 0 N–H and O–H groups in total. The van der Waals surface area contributed by atoms with E-state index in [0.29, 0.717) is 6.54 Å². The average Bonchev–Trinajstić information content (AvgIpc) is 2.69. The van der Waals surface area contributed by atoms with Gasteiger partial charge in [-0.05, 0) is 17.7 Å². The standard InChI is InChI=1S/C18H23FN6O/c19-16-11-15(12-20-13-16)14-23-3-5-25(6-4-23)18-21-2-1-17(22-18)24-7-9-26-10-8-24/h1-2,11-13H,3-10,14H2. The van der Waals surface area contributed by atoms with Crippen molar-refractivity contribution < 1.29 is 9.13 Å². The molecule has 138 valence electrons. The number of anilines is 2. The van der Waals surface area contributed by atoms with Gasteiger partial charge in [-0.25, -0.2) is 9.37 Å². The molecule has 0 bridgehead atoms. The van der Waals surface area contributed by atoms with Gasteiger partial charge in [0, 0.05) is 58.2 Å². The van der Waals surface area contributed by atoms with Crippen molar-refractivity contribution in [1.29, 1.82) is 0 Å². The fourth-order valence-electron chi connectivity index (χ4n) is 3.37. The number of rotatable bonds is 4. The summed E-state index contributed by atoms with van der Waals surface area (Å²) >= 11 is 0. The zero-order valence-electron chi connectivity index (χ0n) is 14.7. The number of aromatic nitrogens is 3. The summed E-state index contributed by atoms with van der Waals surface area (Å²) < 4.78 is 18.7. The minimum atomic E-state index is -0.283. The molecule has 4 heterocycles. The van der Waals surface area contributed by atoms with E-state index >= 15 is 0 Å². The van der Waals surface area contributed by atoms with Gasteiger partial charge >= 0.3 is 0 Å². The molecule has 2 saturated heterocycles. The molecular weight excluding hydrogens is 335 g/mol. The first-order chi connectivity index (χ1) is 12.8. The second-order valence-electron chi connectivity index (χ2n) is 6.59. The predicted octanol–water partition coefficient (Wildman–Crippen LogP) is 1.17. The van der Waals surface area contributed by atoms with E-state index in [0.717, 1.165) is 69.8 Å². The fourth-order valence-corrected chi connectivity index (χ4v) is 3.37. The lowest BCUT2D eigenvalue weighted by Gasteiger charge is -2.35. The molecule has 0 unspecified atom stereocenters. The lowest BCUT2D eigenvalue weighted by atomic mass is 10.2. The normalized spacial score (nSPS) is 19.0. The van der Waals surface area contributed by atoms with Gasteiger partial charge < -0.3 is 14.5 Å². The third-order valence-electron chi connectivity index (χ3n) is 4.79. The van der Waals surface area contributed by atoms with Gasteiger partial charge in [0.15, 0.2) is 0 Å². The van der Waals surface area contributed by atoms with Crippen molar-refractivity contribution in [2.45, 2.75) is 6.54 Å². The fraction of sp³-hybridized carbons (Fsp3) is 0.500. The van der Waals surface area contributed by atoms with Gasteiger partial charge in [-0.1, -0.05) is 0 Å². The van der Waals surface area contributed by atoms with Gasteiger partial charge in [0.1, 0.15) is 11.6 Å². The highest BCUT2D eigenvalue weighted by Crippen LogP contribution is 2.18. The van der Waals surface area contributed by atoms with Gasteiger partial charge in [-0.15, -0.1) is 0 Å². The zero-order chi connectivity index (χ0) is 17.8. The lowest BCUT2D eigenvalue weighted by molar-refractivity contribution is 0.122. The van der Waals surface area contributed by atoms with Crippen molar-refractivity contribution in [2.75, 3.05) is 62.3 Å². The van der Waals surface area contributed by atoms with Crippen LogP contribution in [0.3, 0.4) is 0 Å². The van der Waals surface area contributed by atoms with E-state index in [4.69, 9.17) is 9.72 Å². The van der Waals surface area contributed by atoms with E-state index in [9.17, 15) is 4.39 Å². The molecule has 2 aromatic rings. The highest BCUT2D eigenvalue weighted by molar-refractivity contribution is 5.44. The molecular formula is C18H23FN6O. The Morgan fingerprint density at radius 2 is 1.81 bits per heavy atom. The molecule has 7 nitrogen and oxygen atoms in total. The molecule has 2 aliphatic rings. The molecule has 4 rings (SSSR count). The van der Waals surface area contributed by atoms with E-state index in [-0.39, 0.29) is 5.82 Å². The van der Waals surface area contributed by atoms with E-state index in [1.54, 1.807) is 12.3 Å². The molecule has 0 aromatic carbocycles. The summed E-state index contributed by atoms with van der Waals surface area (Å²) in [7, 11) is 0. The maximum atomic E-state index is 13.3. The van der Waals surface area contributed by atoms with Crippen LogP contribution in [0.1, 0.15) is 5.56 Å². The van der Waals surface area contributed by atoms with E-state index in [1.165, 1.54) is 6.20 Å². The summed E-state index contributed by atoms with van der Waals surface area (Å²) in [6, 6.07) is 3.51. The molecule has 0 atom stereocenters. The monoisotopic (exact) mass is 358 g/mol. The van der Waals surface area contributed by atoms with Crippen LogP contribution in [0.2, 0.25) is 0 Å². The number of ether oxygens (including phenoxy) is 1. The van der Waals surface area contributed by atoms with Gasteiger partial charge in [0.2, 0.25) is 5.95 Å². The number of hydrogen-bond donors (Lipinski definition) is 0. The Hall–Kier alpha value is -2.32. The van der Waals surface area contributed by atoms with Crippen LogP contribution in [0.4, 0.5) is 16.2 Å². The number of nitrogens with zero attached hydrogens (tertiary/aromatic N) is 6. The van der Waals surface area contributed by atoms with Crippen LogP contribution in [0.25, 0.3) is 0 Å². The van der Waals surface area contributed by atoms with Crippen LogP contribution in [0, 0.1) is 5.82 Å². The van der Waals surface area contributed by atoms with E-state index in [1.807, 2.05) is 12.3 Å². The second-order valence-corrected chi connectivity index (χ2v) is 6.59. The summed E-state index contributed by atoms with van der Waals surface area (Å²) in [5.74, 6) is 1.46. The van der Waals surface area contributed by atoms with Crippen molar-refractivity contribution in [1.82, 2.24) is 19.9 Å². The molecule has 8 heteroatoms. The van der Waals surface area contributed by atoms with Crippen LogP contribution in [-0.2, 0) is 11.3 Å². The third-order valence-corrected chi connectivity index (χ3v) is 4.79. The predicted molar refractivity (Wildman–Crippen MR) is 96.7 cm³/mol. The van der Waals surface area contributed by atoms with Crippen LogP contribution in [0.5, 0.6) is 0 Å². The Kier molecular flexibility index (Phi) is 5.21. The van der Waals surface area contributed by atoms with Gasteiger partial charge in [0.25, 0.3) is 0 Å². The summed E-state index contributed by atoms with van der Waals surface area (Å²) in [5.41, 5.74) is 0.906. The van der Waals surface area contributed by atoms with Crippen LogP contribution >= 0.6 is 0 Å². The number of hydrogen-bond acceptors (Lipinski definition) is 7. The quantitative estimate of drug-likeness (QED) is 0.813. The Morgan fingerprint density at radius 1 is 1.00 bits per heavy atom. The lowest BCUT2D eigenvalue weighted by Crippen LogP contribution is -2.46. The molecule has 0 radical (unpaired) electrons. The SMILES string of the molecule is Fc1cncc(CN2CCN(c3nccc(N4CCOCC4)n3)CC2)c1. The van der Waals surface area contributed by atoms with Crippen molar-refractivity contribution in [3.05, 3.63) is 42.1 Å². The molecule has 0 spiro atoms. The van der Waals surface area contributed by atoms with Gasteiger partial charge in [-0.3, -0.25) is 9.88 Å². The Bertz CT molecular complexity index is 731. The largest absolute Gasteiger partial charge is 0.378 e. The Morgan fingerprint density at radius 3 is 2.58 bits per heavy atom. The number of pyridine rings is 1. The second kappa shape index (κ2) is 7.92. The highest BCUT2D eigenvalue weighted by atomic mass is 19.1. The topological polar surface area (TPSA) is 57.6 Å². The van der Waals surface area contributed by atoms with Gasteiger partial charge in [-0.2, -0.15) is 4.98 Å². The number of halogens is 1. The van der Waals surface area contributed by atoms with Crippen LogP contribution in [-0.4, -0.2) is 72.3 Å². The maximum Gasteiger partial charge on any atom is 0.227 e. The number of piperazine rings is 1. The van der Waals surface area contributed by atoms with E-state index < -0.39 is 0 Å². The summed E-state index contributed by atoms with van der Waals surface area (Å²) in [6.45, 7) is 7.43. The maximum absolute atomic E-state index is 13.3. The first-order valence-corrected chi connectivity index (χ1v) is 9.00. The first-order valence-electron chi connectivity index (χ1n) is 9.00. The minimum absolute atomic E-state index is 0.283. The van der Waals surface area contributed by atoms with Crippen LogP contribution < -0.4 is 9.80 Å². The van der Waals surface area contributed by atoms with Gasteiger partial charge in [0.05, 0.1) is 19.4 Å². The van der Waals surface area contributed by atoms with Crippen molar-refractivity contribution >= 4 is 11.8 Å². The van der Waals surface area contributed by atoms with Crippen molar-refractivity contribution in [3.8, 4) is 0 Å². The molecule has 2 fully saturated rings. The van der Waals surface area contributed by atoms with Crippen LogP contribution in [0.15, 0.2) is 30.7 Å². The molecule has 2 aliphatic heterocycles. The molecule has 0 saturated carbocycles. The summed E-state index contributed by atoms with van der Waals surface area (Å²) in [4.78, 5) is 19.9. The smallest absolute Gasteiger partial charge is 0.227 e. The molecule has 0 amide bonds. The highest BCUT2D eigenvalue weighted by Gasteiger charge is 2.20. The molecule has 26 heavy (non-hydrogen) atoms. The zero-order valence-corrected chi connectivity index (χ0v) is 14.7. The number of morpholine rings is 1. The molecule has 0 aliphatic carbocycles. The first kappa shape index (κ1) is 17.1. The Labute approximate surface area is 152 Å².